The molecular formula is C26H22F2N6O2. The Labute approximate surface area is 204 Å². The molecule has 182 valence electrons. The molecule has 4 heterocycles. The summed E-state index contributed by atoms with van der Waals surface area (Å²) in [5.74, 6) is -0.405. The number of nitrogens with zero attached hydrogens (tertiary/aromatic N) is 4. The molecule has 2 aromatic carbocycles. The fraction of sp³-hybridized carbons (Fsp3) is 0.231. The van der Waals surface area contributed by atoms with Crippen LogP contribution in [0.1, 0.15) is 24.7 Å². The molecule has 0 atom stereocenters. The van der Waals surface area contributed by atoms with Gasteiger partial charge in [-0.2, -0.15) is 0 Å². The number of hydrogen-bond donors (Lipinski definition) is 2. The van der Waals surface area contributed by atoms with Gasteiger partial charge in [-0.25, -0.2) is 23.7 Å². The van der Waals surface area contributed by atoms with Crippen molar-refractivity contribution in [2.24, 2.45) is 0 Å². The first-order chi connectivity index (χ1) is 17.5. The summed E-state index contributed by atoms with van der Waals surface area (Å²) in [4.78, 5) is 28.0. The first-order valence-corrected chi connectivity index (χ1v) is 11.7. The van der Waals surface area contributed by atoms with Crippen molar-refractivity contribution in [1.82, 2.24) is 29.8 Å². The minimum Gasteiger partial charge on any atom is -0.424 e. The zero-order valence-electron chi connectivity index (χ0n) is 19.4. The van der Waals surface area contributed by atoms with Crippen molar-refractivity contribution in [1.29, 1.82) is 0 Å². The quantitative estimate of drug-likeness (QED) is 0.383. The second-order valence-corrected chi connectivity index (χ2v) is 8.81. The lowest BCUT2D eigenvalue weighted by Crippen LogP contribution is -2.29. The number of aromatic amines is 1. The lowest BCUT2D eigenvalue weighted by molar-refractivity contribution is 0.370. The van der Waals surface area contributed by atoms with E-state index in [2.05, 4.69) is 29.8 Å². The summed E-state index contributed by atoms with van der Waals surface area (Å²) in [5.41, 5.74) is 1.04. The molecule has 5 aromatic rings. The molecule has 1 aliphatic heterocycles. The van der Waals surface area contributed by atoms with Gasteiger partial charge in [0.1, 0.15) is 23.2 Å². The summed E-state index contributed by atoms with van der Waals surface area (Å²) in [6, 6.07) is 8.85. The normalized spacial score (nSPS) is 14.5. The van der Waals surface area contributed by atoms with E-state index in [1.54, 1.807) is 12.1 Å². The highest BCUT2D eigenvalue weighted by molar-refractivity contribution is 6.04. The van der Waals surface area contributed by atoms with Crippen LogP contribution in [0, 0.1) is 18.6 Å². The molecule has 0 radical (unpaired) electrons. The lowest BCUT2D eigenvalue weighted by Gasteiger charge is -2.26. The van der Waals surface area contributed by atoms with Crippen LogP contribution in [0.2, 0.25) is 0 Å². The van der Waals surface area contributed by atoms with E-state index in [1.165, 1.54) is 36.7 Å². The van der Waals surface area contributed by atoms with E-state index in [-0.39, 0.29) is 34.5 Å². The SMILES string of the molecule is Cc1nc2c(=O)[nH]c3cc(F)c(-c4ccc(Oc5ncccn5)cc4F)cc3c2n1C1CCNCC1. The zero-order valence-corrected chi connectivity index (χ0v) is 19.4. The van der Waals surface area contributed by atoms with Crippen molar-refractivity contribution in [3.63, 3.8) is 0 Å². The number of hydrogen-bond acceptors (Lipinski definition) is 6. The molecule has 0 unspecified atom stereocenters. The van der Waals surface area contributed by atoms with Gasteiger partial charge in [0.25, 0.3) is 5.56 Å². The van der Waals surface area contributed by atoms with Crippen LogP contribution >= 0.6 is 0 Å². The second-order valence-electron chi connectivity index (χ2n) is 8.81. The standard InChI is InChI=1S/C26H22F2N6O2/c1-14-32-23-24(34(14)15-5-9-29-10-6-15)19-12-18(21(28)13-22(19)33-25(23)35)17-4-3-16(11-20(17)27)36-26-30-7-2-8-31-26/h2-4,7-8,11-13,15,29H,5-6,9-10H2,1H3,(H,33,35). The lowest BCUT2D eigenvalue weighted by atomic mass is 10.0. The molecule has 10 heteroatoms. The fourth-order valence-electron chi connectivity index (χ4n) is 4.95. The number of fused-ring (bicyclic) bond motifs is 3. The molecule has 0 saturated carbocycles. The largest absolute Gasteiger partial charge is 0.424 e. The molecule has 0 bridgehead atoms. The third-order valence-corrected chi connectivity index (χ3v) is 6.57. The Morgan fingerprint density at radius 1 is 1.03 bits per heavy atom. The van der Waals surface area contributed by atoms with E-state index in [0.29, 0.717) is 21.9 Å². The van der Waals surface area contributed by atoms with E-state index in [0.717, 1.165) is 31.8 Å². The van der Waals surface area contributed by atoms with Crippen molar-refractivity contribution in [2.45, 2.75) is 25.8 Å². The molecule has 3 aromatic heterocycles. The monoisotopic (exact) mass is 488 g/mol. The predicted octanol–water partition coefficient (Wildman–Crippen LogP) is 4.64. The Kier molecular flexibility index (Phi) is 5.45. The smallest absolute Gasteiger partial charge is 0.321 e. The average Bonchev–Trinajstić information content (AvgIpc) is 3.23. The van der Waals surface area contributed by atoms with Gasteiger partial charge in [0, 0.05) is 41.0 Å². The Morgan fingerprint density at radius 2 is 1.78 bits per heavy atom. The topological polar surface area (TPSA) is 97.7 Å². The van der Waals surface area contributed by atoms with Crippen LogP contribution < -0.4 is 15.6 Å². The second kappa shape index (κ2) is 8.80. The Balaban J connectivity index is 1.50. The van der Waals surface area contributed by atoms with Crippen LogP contribution in [0.25, 0.3) is 33.1 Å². The van der Waals surface area contributed by atoms with Crippen molar-refractivity contribution in [2.75, 3.05) is 13.1 Å². The maximum Gasteiger partial charge on any atom is 0.321 e. The summed E-state index contributed by atoms with van der Waals surface area (Å²) in [7, 11) is 0. The molecular weight excluding hydrogens is 466 g/mol. The van der Waals surface area contributed by atoms with Crippen LogP contribution in [0.5, 0.6) is 11.8 Å². The molecule has 8 nitrogen and oxygen atoms in total. The van der Waals surface area contributed by atoms with Crippen LogP contribution in [-0.4, -0.2) is 37.6 Å². The summed E-state index contributed by atoms with van der Waals surface area (Å²) in [6.07, 6.45) is 4.80. The van der Waals surface area contributed by atoms with Crippen LogP contribution in [0.15, 0.2) is 53.6 Å². The highest BCUT2D eigenvalue weighted by Gasteiger charge is 2.24. The van der Waals surface area contributed by atoms with E-state index in [9.17, 15) is 4.79 Å². The summed E-state index contributed by atoms with van der Waals surface area (Å²) >= 11 is 0. The molecule has 0 spiro atoms. The van der Waals surface area contributed by atoms with Gasteiger partial charge in [0.05, 0.1) is 11.0 Å². The van der Waals surface area contributed by atoms with E-state index < -0.39 is 11.6 Å². The van der Waals surface area contributed by atoms with Crippen molar-refractivity contribution >= 4 is 21.9 Å². The average molecular weight is 488 g/mol. The highest BCUT2D eigenvalue weighted by Crippen LogP contribution is 2.35. The molecule has 1 aliphatic rings. The number of rotatable bonds is 4. The van der Waals surface area contributed by atoms with Gasteiger partial charge < -0.3 is 19.6 Å². The number of aromatic nitrogens is 5. The summed E-state index contributed by atoms with van der Waals surface area (Å²) in [5, 5.41) is 3.95. The Bertz CT molecular complexity index is 1660. The molecule has 1 fully saturated rings. The number of pyridine rings is 1. The summed E-state index contributed by atoms with van der Waals surface area (Å²) in [6.45, 7) is 3.59. The van der Waals surface area contributed by atoms with Gasteiger partial charge in [-0.05, 0) is 63.2 Å². The van der Waals surface area contributed by atoms with Gasteiger partial charge in [-0.1, -0.05) is 0 Å². The van der Waals surface area contributed by atoms with Gasteiger partial charge in [-0.3, -0.25) is 4.79 Å². The molecule has 6 rings (SSSR count). The number of aryl methyl sites for hydroxylation is 1. The molecule has 0 amide bonds. The van der Waals surface area contributed by atoms with E-state index in [4.69, 9.17) is 4.74 Å². The zero-order chi connectivity index (χ0) is 24.8. The van der Waals surface area contributed by atoms with Gasteiger partial charge in [-0.15, -0.1) is 0 Å². The minimum atomic E-state index is -0.662. The Hall–Kier alpha value is -4.18. The van der Waals surface area contributed by atoms with Crippen molar-refractivity contribution in [3.8, 4) is 22.9 Å². The number of benzene rings is 2. The number of piperidine rings is 1. The third kappa shape index (κ3) is 3.79. The molecule has 1 saturated heterocycles. The maximum absolute atomic E-state index is 15.3. The fourth-order valence-corrected chi connectivity index (χ4v) is 4.95. The van der Waals surface area contributed by atoms with Crippen LogP contribution in [-0.2, 0) is 0 Å². The maximum atomic E-state index is 15.3. The van der Waals surface area contributed by atoms with Crippen LogP contribution in [0.3, 0.4) is 0 Å². The number of imidazole rings is 1. The van der Waals surface area contributed by atoms with Crippen molar-refractivity contribution in [3.05, 3.63) is 76.6 Å². The van der Waals surface area contributed by atoms with E-state index in [1.807, 2.05) is 6.92 Å². The molecule has 2 N–H and O–H groups in total. The minimum absolute atomic E-state index is 0.0692. The first kappa shape index (κ1) is 22.3. The molecule has 0 aliphatic carbocycles. The Morgan fingerprint density at radius 3 is 2.53 bits per heavy atom. The first-order valence-electron chi connectivity index (χ1n) is 11.7. The summed E-state index contributed by atoms with van der Waals surface area (Å²) < 4.78 is 38.0. The number of H-pyrrole nitrogens is 1. The van der Waals surface area contributed by atoms with Crippen molar-refractivity contribution < 1.29 is 13.5 Å². The van der Waals surface area contributed by atoms with Gasteiger partial charge >= 0.3 is 6.01 Å². The number of nitrogens with one attached hydrogen (secondary N) is 2. The predicted molar refractivity (Wildman–Crippen MR) is 131 cm³/mol. The third-order valence-electron chi connectivity index (χ3n) is 6.57. The van der Waals surface area contributed by atoms with E-state index >= 15 is 8.78 Å². The van der Waals surface area contributed by atoms with Crippen LogP contribution in [0.4, 0.5) is 8.78 Å². The number of ether oxygens (including phenoxy) is 1. The highest BCUT2D eigenvalue weighted by atomic mass is 19.1. The van der Waals surface area contributed by atoms with Gasteiger partial charge in [0.2, 0.25) is 0 Å². The van der Waals surface area contributed by atoms with Gasteiger partial charge in [0.15, 0.2) is 5.52 Å². The molecule has 36 heavy (non-hydrogen) atoms. The number of halogens is 2.